The summed E-state index contributed by atoms with van der Waals surface area (Å²) in [4.78, 5) is 7.59. The maximum absolute atomic E-state index is 14.4. The van der Waals surface area contributed by atoms with E-state index in [9.17, 15) is 22.0 Å². The van der Waals surface area contributed by atoms with Crippen LogP contribution in [0.4, 0.5) is 27.8 Å². The highest BCUT2D eigenvalue weighted by atomic mass is 127. The van der Waals surface area contributed by atoms with Gasteiger partial charge in [0.1, 0.15) is 35.0 Å². The van der Waals surface area contributed by atoms with E-state index in [1.165, 1.54) is 0 Å². The second-order valence-electron chi connectivity index (χ2n) is 5.25. The summed E-state index contributed by atoms with van der Waals surface area (Å²) in [7, 11) is 0. The fourth-order valence-corrected chi connectivity index (χ4v) is 3.05. The first-order chi connectivity index (χ1) is 12.1. The first-order valence-electron chi connectivity index (χ1n) is 6.97. The lowest BCUT2D eigenvalue weighted by molar-refractivity contribution is -0.138. The summed E-state index contributed by atoms with van der Waals surface area (Å²) in [5.41, 5.74) is -0.996. The van der Waals surface area contributed by atoms with E-state index < -0.39 is 34.6 Å². The van der Waals surface area contributed by atoms with Crippen molar-refractivity contribution in [2.45, 2.75) is 19.1 Å². The minimum absolute atomic E-state index is 0.123. The largest absolute Gasteiger partial charge is 0.408 e. The number of rotatable bonds is 3. The highest BCUT2D eigenvalue weighted by molar-refractivity contribution is 14.1. The third-order valence-electron chi connectivity index (χ3n) is 3.48. The molecule has 0 fully saturated rings. The van der Waals surface area contributed by atoms with E-state index in [0.29, 0.717) is 0 Å². The Labute approximate surface area is 161 Å². The van der Waals surface area contributed by atoms with Gasteiger partial charge in [0.05, 0.1) is 11.1 Å². The van der Waals surface area contributed by atoms with Crippen molar-refractivity contribution in [2.24, 2.45) is 0 Å². The number of benzene rings is 1. The normalized spacial score (nSPS) is 13.2. The lowest BCUT2D eigenvalue weighted by atomic mass is 10.1. The average molecular weight is 504 g/mol. The molecular weight excluding hydrogens is 496 g/mol. The summed E-state index contributed by atoms with van der Waals surface area (Å²) < 4.78 is 69.0. The third-order valence-corrected chi connectivity index (χ3v) is 4.38. The molecule has 26 heavy (non-hydrogen) atoms. The second-order valence-corrected chi connectivity index (χ2v) is 6.85. The monoisotopic (exact) mass is 503 g/mol. The van der Waals surface area contributed by atoms with E-state index in [-0.39, 0.29) is 20.7 Å². The molecule has 5 nitrogen and oxygen atoms in total. The van der Waals surface area contributed by atoms with E-state index in [4.69, 9.17) is 11.6 Å². The van der Waals surface area contributed by atoms with Crippen LogP contribution in [-0.4, -0.2) is 31.8 Å². The molecule has 1 aromatic carbocycles. The molecule has 0 spiro atoms. The molecule has 0 bridgehead atoms. The molecule has 3 aromatic rings. The number of hydrogen-bond donors (Lipinski definition) is 1. The van der Waals surface area contributed by atoms with Crippen molar-refractivity contribution in [3.05, 3.63) is 38.8 Å². The zero-order valence-corrected chi connectivity index (χ0v) is 15.7. The van der Waals surface area contributed by atoms with Gasteiger partial charge in [0.2, 0.25) is 0 Å². The molecular formula is C14H8ClF5IN5. The molecule has 0 amide bonds. The number of nitrogens with one attached hydrogen (secondary N) is 1. The molecule has 0 radical (unpaired) electrons. The number of anilines is 1. The van der Waals surface area contributed by atoms with Crippen LogP contribution in [0.3, 0.4) is 0 Å². The zero-order chi connectivity index (χ0) is 19.2. The minimum Gasteiger partial charge on any atom is -0.358 e. The van der Waals surface area contributed by atoms with Gasteiger partial charge in [-0.15, -0.1) is 0 Å². The van der Waals surface area contributed by atoms with E-state index in [1.807, 2.05) is 0 Å². The van der Waals surface area contributed by atoms with Gasteiger partial charge in [-0.25, -0.2) is 8.78 Å². The van der Waals surface area contributed by atoms with Gasteiger partial charge in [-0.2, -0.15) is 32.8 Å². The second kappa shape index (κ2) is 6.76. The van der Waals surface area contributed by atoms with Crippen LogP contribution in [0.1, 0.15) is 6.92 Å². The van der Waals surface area contributed by atoms with Crippen LogP contribution in [0.25, 0.3) is 16.9 Å². The number of hydrogen-bond acceptors (Lipinski definition) is 4. The summed E-state index contributed by atoms with van der Waals surface area (Å²) in [6.07, 6.45) is -3.59. The van der Waals surface area contributed by atoms with Crippen molar-refractivity contribution in [3.8, 4) is 11.1 Å². The summed E-state index contributed by atoms with van der Waals surface area (Å²) in [6, 6.07) is -0.00242. The summed E-state index contributed by atoms with van der Waals surface area (Å²) >= 11 is 7.74. The van der Waals surface area contributed by atoms with E-state index in [1.54, 1.807) is 22.6 Å². The van der Waals surface area contributed by atoms with Gasteiger partial charge in [-0.1, -0.05) is 11.6 Å². The standard InChI is InChI=1S/C14H8ClF5IN5/c1-5(14(18,19)20)24-12-10(9-7(16)2-6(21)3-8(9)17)11(15)25-13-22-4-23-26(12)13/h2-5,24H,1H3/t5-/m0/s1. The van der Waals surface area contributed by atoms with Crippen LogP contribution in [0.2, 0.25) is 5.15 Å². The molecule has 0 saturated heterocycles. The first-order valence-corrected chi connectivity index (χ1v) is 8.42. The van der Waals surface area contributed by atoms with Crippen LogP contribution >= 0.6 is 34.2 Å². The Hall–Kier alpha value is -1.76. The highest BCUT2D eigenvalue weighted by Crippen LogP contribution is 2.39. The molecule has 1 N–H and O–H groups in total. The molecule has 0 aliphatic carbocycles. The molecule has 2 heterocycles. The number of aromatic nitrogens is 4. The maximum Gasteiger partial charge on any atom is 0.408 e. The summed E-state index contributed by atoms with van der Waals surface area (Å²) in [5.74, 6) is -2.50. The topological polar surface area (TPSA) is 55.1 Å². The van der Waals surface area contributed by atoms with Crippen molar-refractivity contribution in [1.82, 2.24) is 19.6 Å². The van der Waals surface area contributed by atoms with Gasteiger partial charge in [0.25, 0.3) is 5.78 Å². The number of halogens is 7. The van der Waals surface area contributed by atoms with E-state index in [0.717, 1.165) is 29.9 Å². The van der Waals surface area contributed by atoms with Crippen molar-refractivity contribution in [2.75, 3.05) is 5.32 Å². The van der Waals surface area contributed by atoms with Crippen LogP contribution in [0.5, 0.6) is 0 Å². The van der Waals surface area contributed by atoms with E-state index in [2.05, 4.69) is 20.4 Å². The Morgan fingerprint density at radius 2 is 1.81 bits per heavy atom. The van der Waals surface area contributed by atoms with Gasteiger partial charge in [0, 0.05) is 3.57 Å². The third kappa shape index (κ3) is 3.41. The fourth-order valence-electron chi connectivity index (χ4n) is 2.24. The van der Waals surface area contributed by atoms with Gasteiger partial charge in [-0.05, 0) is 41.6 Å². The molecule has 0 aliphatic rings. The Morgan fingerprint density at radius 3 is 2.38 bits per heavy atom. The van der Waals surface area contributed by atoms with Crippen molar-refractivity contribution < 1.29 is 22.0 Å². The van der Waals surface area contributed by atoms with Crippen LogP contribution < -0.4 is 5.32 Å². The van der Waals surface area contributed by atoms with Gasteiger partial charge < -0.3 is 5.32 Å². The minimum atomic E-state index is -4.62. The fraction of sp³-hybridized carbons (Fsp3) is 0.214. The van der Waals surface area contributed by atoms with Crippen LogP contribution in [0, 0.1) is 15.2 Å². The molecule has 138 valence electrons. The van der Waals surface area contributed by atoms with Crippen LogP contribution in [-0.2, 0) is 0 Å². The van der Waals surface area contributed by atoms with Crippen molar-refractivity contribution in [3.63, 3.8) is 0 Å². The molecule has 0 saturated carbocycles. The number of fused-ring (bicyclic) bond motifs is 1. The molecule has 12 heteroatoms. The Balaban J connectivity index is 2.32. The van der Waals surface area contributed by atoms with Gasteiger partial charge >= 0.3 is 6.18 Å². The molecule has 3 rings (SSSR count). The smallest absolute Gasteiger partial charge is 0.358 e. The zero-order valence-electron chi connectivity index (χ0n) is 12.7. The van der Waals surface area contributed by atoms with Gasteiger partial charge in [-0.3, -0.25) is 0 Å². The molecule has 2 aromatic heterocycles. The first kappa shape index (κ1) is 19.0. The molecule has 1 atom stereocenters. The predicted octanol–water partition coefficient (Wildman–Crippen LogP) is 4.69. The lowest BCUT2D eigenvalue weighted by Gasteiger charge is -2.21. The van der Waals surface area contributed by atoms with E-state index >= 15 is 0 Å². The molecule has 0 aliphatic heterocycles. The Bertz CT molecular complexity index is 967. The maximum atomic E-state index is 14.4. The van der Waals surface area contributed by atoms with Gasteiger partial charge in [0.15, 0.2) is 0 Å². The number of nitrogens with zero attached hydrogens (tertiary/aromatic N) is 4. The Morgan fingerprint density at radius 1 is 1.19 bits per heavy atom. The Kier molecular flexibility index (Phi) is 4.94. The number of alkyl halides is 3. The highest BCUT2D eigenvalue weighted by Gasteiger charge is 2.37. The van der Waals surface area contributed by atoms with Crippen molar-refractivity contribution in [1.29, 1.82) is 0 Å². The summed E-state index contributed by atoms with van der Waals surface area (Å²) in [5, 5.41) is 5.51. The predicted molar refractivity (Wildman–Crippen MR) is 93.0 cm³/mol. The van der Waals surface area contributed by atoms with Crippen molar-refractivity contribution >= 4 is 45.8 Å². The summed E-state index contributed by atoms with van der Waals surface area (Å²) in [6.45, 7) is 0.849. The molecule has 0 unspecified atom stereocenters. The quantitative estimate of drug-likeness (QED) is 0.320. The van der Waals surface area contributed by atoms with Crippen LogP contribution in [0.15, 0.2) is 18.5 Å². The average Bonchev–Trinajstić information content (AvgIpc) is 2.95. The lowest BCUT2D eigenvalue weighted by Crippen LogP contribution is -2.34. The SMILES string of the molecule is C[C@H](Nc1c(-c2c(F)cc(I)cc2F)c(Cl)nc2ncnn12)C(F)(F)F.